The molecule has 0 radical (unpaired) electrons. The molecular weight excluding hydrogens is 243 g/mol. The van der Waals surface area contributed by atoms with Gasteiger partial charge in [-0.3, -0.25) is 14.4 Å². The fraction of sp³-hybridized carbons (Fsp3) is 0. The van der Waals surface area contributed by atoms with Crippen LogP contribution in [0.1, 0.15) is 0 Å². The molecule has 0 aliphatic heterocycles. The molecule has 0 saturated carbocycles. The summed E-state index contributed by atoms with van der Waals surface area (Å²) < 4.78 is 0. The van der Waals surface area contributed by atoms with Crippen molar-refractivity contribution in [3.63, 3.8) is 0 Å². The van der Waals surface area contributed by atoms with Gasteiger partial charge in [0.15, 0.2) is 18.9 Å². The smallest absolute Gasteiger partial charge is 0.542 e. The van der Waals surface area contributed by atoms with E-state index in [1.165, 1.54) is 0 Å². The van der Waals surface area contributed by atoms with E-state index in [9.17, 15) is 0 Å². The summed E-state index contributed by atoms with van der Waals surface area (Å²) in [4.78, 5) is 53.2. The minimum absolute atomic E-state index is 0. The van der Waals surface area contributed by atoms with Gasteiger partial charge in [-0.2, -0.15) is 0 Å². The van der Waals surface area contributed by atoms with Crippen LogP contribution >= 0.6 is 0 Å². The molecule has 0 saturated heterocycles. The molecule has 0 aromatic rings. The van der Waals surface area contributed by atoms with Crippen LogP contribution in [0.3, 0.4) is 0 Å². The number of carbonyl (C=O) groups is 6. The van der Waals surface area contributed by atoms with E-state index in [1.54, 1.807) is 0 Å². The minimum Gasteiger partial charge on any atom is -0.542 e. The fourth-order valence-electron chi connectivity index (χ4n) is 0. The van der Waals surface area contributed by atoms with Crippen LogP contribution in [0.5, 0.6) is 0 Å². The van der Waals surface area contributed by atoms with Gasteiger partial charge in [-0.25, -0.2) is 0 Å². The fourth-order valence-corrected chi connectivity index (χ4v) is 0. The molecule has 0 aliphatic carbocycles. The second-order valence-electron chi connectivity index (χ2n) is 1.31. The van der Waals surface area contributed by atoms with Crippen molar-refractivity contribution in [1.82, 2.24) is 0 Å². The van der Waals surface area contributed by atoms with E-state index >= 15 is 0 Å². The molecule has 16 heavy (non-hydrogen) atoms. The summed E-state index contributed by atoms with van der Waals surface area (Å²) >= 11 is 0. The predicted octanol–water partition coefficient (Wildman–Crippen LogP) is -6.58. The third-order valence-corrected chi connectivity index (χ3v) is 0.289. The molecule has 0 fully saturated rings. The third kappa shape index (κ3) is 91.8. The van der Waals surface area contributed by atoms with Crippen LogP contribution in [0.15, 0.2) is 0 Å². The monoisotopic (exact) mass is 246 g/mol. The van der Waals surface area contributed by atoms with Crippen LogP contribution in [0.25, 0.3) is 0 Å². The Bertz CT molecular complexity index is 216. The zero-order valence-electron chi connectivity index (χ0n) is 7.48. The second-order valence-corrected chi connectivity index (χ2v) is 1.31. The summed E-state index contributed by atoms with van der Waals surface area (Å²) in [5.74, 6) is -5.03. The molecule has 0 aromatic carbocycles. The first-order valence-electron chi connectivity index (χ1n) is 2.80. The number of rotatable bonds is 3. The molecule has 0 rings (SSSR count). The number of aliphatic carboxylic acids is 3. The third-order valence-electron chi connectivity index (χ3n) is 0.289. The zero-order chi connectivity index (χ0) is 12.9. The standard InChI is InChI=1S/3C2H2O3.Al/c3*3-1-2(4)5;/h3*1H,(H,4,5);/q;;;+3/p-3. The van der Waals surface area contributed by atoms with Crippen molar-refractivity contribution in [3.05, 3.63) is 0 Å². The van der Waals surface area contributed by atoms with E-state index in [2.05, 4.69) is 0 Å². The Labute approximate surface area is 98.8 Å². The van der Waals surface area contributed by atoms with E-state index < -0.39 is 17.9 Å². The molecule has 0 amide bonds. The van der Waals surface area contributed by atoms with Gasteiger partial charge in [0.25, 0.3) is 0 Å². The number of carboxylic acid groups (broad SMARTS) is 3. The van der Waals surface area contributed by atoms with E-state index in [-0.39, 0.29) is 36.2 Å². The van der Waals surface area contributed by atoms with Gasteiger partial charge in [0.1, 0.15) is 17.9 Å². The van der Waals surface area contributed by atoms with Gasteiger partial charge in [-0.1, -0.05) is 0 Å². The van der Waals surface area contributed by atoms with Crippen molar-refractivity contribution in [2.75, 3.05) is 0 Å². The van der Waals surface area contributed by atoms with Crippen molar-refractivity contribution in [3.8, 4) is 0 Å². The minimum atomic E-state index is -1.68. The Balaban J connectivity index is -0.0000000655. The number of aldehydes is 3. The van der Waals surface area contributed by atoms with E-state index in [0.717, 1.165) is 0 Å². The Morgan fingerprint density at radius 1 is 0.625 bits per heavy atom. The molecule has 0 aromatic heterocycles. The summed E-state index contributed by atoms with van der Waals surface area (Å²) in [7, 11) is 0. The van der Waals surface area contributed by atoms with E-state index in [1.807, 2.05) is 0 Å². The number of carboxylic acids is 3. The van der Waals surface area contributed by atoms with Crippen LogP contribution in [0, 0.1) is 0 Å². The summed E-state index contributed by atoms with van der Waals surface area (Å²) in [5, 5.41) is 26.7. The Kier molecular flexibility index (Phi) is 27.6. The largest absolute Gasteiger partial charge is 3.00 e. The average Bonchev–Trinajstić information content (AvgIpc) is 2.19. The maximum atomic E-state index is 8.89. The molecule has 0 heterocycles. The van der Waals surface area contributed by atoms with Gasteiger partial charge in [0.2, 0.25) is 0 Å². The Morgan fingerprint density at radius 3 is 0.688 bits per heavy atom. The van der Waals surface area contributed by atoms with Gasteiger partial charge in [-0.05, 0) is 0 Å². The zero-order valence-corrected chi connectivity index (χ0v) is 8.64. The first-order valence-corrected chi connectivity index (χ1v) is 2.80. The first kappa shape index (κ1) is 23.6. The summed E-state index contributed by atoms with van der Waals surface area (Å²) in [6.07, 6.45) is -0.833. The quantitative estimate of drug-likeness (QED) is 0.266. The van der Waals surface area contributed by atoms with Crippen molar-refractivity contribution < 1.29 is 44.1 Å². The number of hydrogen-bond acceptors (Lipinski definition) is 9. The van der Waals surface area contributed by atoms with Gasteiger partial charge < -0.3 is 29.7 Å². The van der Waals surface area contributed by atoms with Gasteiger partial charge in [-0.15, -0.1) is 0 Å². The van der Waals surface area contributed by atoms with Crippen LogP contribution in [0.2, 0.25) is 0 Å². The Morgan fingerprint density at radius 2 is 0.688 bits per heavy atom. The summed E-state index contributed by atoms with van der Waals surface area (Å²) in [5.41, 5.74) is 0. The van der Waals surface area contributed by atoms with Crippen molar-refractivity contribution in [2.24, 2.45) is 0 Å². The van der Waals surface area contributed by atoms with E-state index in [4.69, 9.17) is 44.1 Å². The summed E-state index contributed by atoms with van der Waals surface area (Å²) in [6, 6.07) is 0. The Hall–Kier alpha value is -2.05. The molecular formula is C6H3AlO9. The number of carbonyl (C=O) groups excluding carboxylic acids is 6. The maximum absolute atomic E-state index is 8.89. The molecule has 0 aliphatic rings. The van der Waals surface area contributed by atoms with Crippen LogP contribution in [-0.4, -0.2) is 54.1 Å². The van der Waals surface area contributed by atoms with Crippen LogP contribution in [0.4, 0.5) is 0 Å². The SMILES string of the molecule is O=CC(=O)[O-].O=CC(=O)[O-].O=CC(=O)[O-].[Al+3]. The average molecular weight is 246 g/mol. The molecule has 0 bridgehead atoms. The molecule has 0 N–H and O–H groups in total. The molecule has 0 spiro atoms. The van der Waals surface area contributed by atoms with Gasteiger partial charge >= 0.3 is 17.4 Å². The predicted molar refractivity (Wildman–Crippen MR) is 39.0 cm³/mol. The molecule has 9 nitrogen and oxygen atoms in total. The van der Waals surface area contributed by atoms with Crippen molar-refractivity contribution in [1.29, 1.82) is 0 Å². The van der Waals surface area contributed by atoms with Crippen molar-refractivity contribution >= 4 is 54.1 Å². The normalized spacial score (nSPS) is 6.00. The molecule has 84 valence electrons. The maximum Gasteiger partial charge on any atom is 3.00 e. The van der Waals surface area contributed by atoms with Crippen molar-refractivity contribution in [2.45, 2.75) is 0 Å². The van der Waals surface area contributed by atoms with Crippen LogP contribution < -0.4 is 15.3 Å². The number of hydrogen-bond donors (Lipinski definition) is 0. The van der Waals surface area contributed by atoms with Gasteiger partial charge in [0.05, 0.1) is 0 Å². The molecule has 10 heteroatoms. The molecule has 0 atom stereocenters. The van der Waals surface area contributed by atoms with Gasteiger partial charge in [0, 0.05) is 0 Å². The topological polar surface area (TPSA) is 172 Å². The van der Waals surface area contributed by atoms with Crippen LogP contribution in [-0.2, 0) is 28.8 Å². The first-order chi connectivity index (χ1) is 6.81. The van der Waals surface area contributed by atoms with E-state index in [0.29, 0.717) is 0 Å². The molecule has 0 unspecified atom stereocenters. The second kappa shape index (κ2) is 18.7. The summed E-state index contributed by atoms with van der Waals surface area (Å²) in [6.45, 7) is 0.